The zero-order valence-electron chi connectivity index (χ0n) is 7.93. The van der Waals surface area contributed by atoms with Crippen LogP contribution in [-0.2, 0) is 0 Å². The van der Waals surface area contributed by atoms with E-state index in [0.29, 0.717) is 5.82 Å². The largest absolute Gasteiger partial charge is 0.226 e. The van der Waals surface area contributed by atoms with E-state index in [1.54, 1.807) is 0 Å². The molecule has 0 aliphatic heterocycles. The van der Waals surface area contributed by atoms with E-state index in [1.165, 1.54) is 0 Å². The van der Waals surface area contributed by atoms with Crippen molar-refractivity contribution in [1.82, 2.24) is 9.97 Å². The molecular formula is C9H11FN2Si. The standard InChI is InChI=1S/C9H11FN2Si/c1-13(2,3)5-4-9-11-6-8(10)7-12-9/h6-7H,1-3H3. The predicted octanol–water partition coefficient (Wildman–Crippen LogP) is 1.84. The number of hydrogen-bond acceptors (Lipinski definition) is 2. The van der Waals surface area contributed by atoms with E-state index in [1.807, 2.05) is 0 Å². The molecule has 68 valence electrons. The zero-order valence-corrected chi connectivity index (χ0v) is 8.93. The maximum atomic E-state index is 12.4. The van der Waals surface area contributed by atoms with Crippen molar-refractivity contribution in [1.29, 1.82) is 0 Å². The van der Waals surface area contributed by atoms with E-state index in [2.05, 4.69) is 41.1 Å². The van der Waals surface area contributed by atoms with Crippen LogP contribution in [0, 0.1) is 17.3 Å². The van der Waals surface area contributed by atoms with Crippen LogP contribution in [-0.4, -0.2) is 18.0 Å². The quantitative estimate of drug-likeness (QED) is 0.465. The number of halogens is 1. The van der Waals surface area contributed by atoms with Gasteiger partial charge in [-0.15, -0.1) is 5.54 Å². The molecule has 13 heavy (non-hydrogen) atoms. The first-order valence-electron chi connectivity index (χ1n) is 3.98. The SMILES string of the molecule is C[Si](C)(C)C#Cc1ncc(F)cn1. The van der Waals surface area contributed by atoms with Gasteiger partial charge in [0, 0.05) is 0 Å². The van der Waals surface area contributed by atoms with Crippen molar-refractivity contribution in [3.8, 4) is 11.5 Å². The van der Waals surface area contributed by atoms with E-state index in [0.717, 1.165) is 12.4 Å². The van der Waals surface area contributed by atoms with E-state index in [4.69, 9.17) is 0 Å². The Morgan fingerprint density at radius 2 is 1.77 bits per heavy atom. The Labute approximate surface area is 78.2 Å². The minimum absolute atomic E-state index is 0.392. The Hall–Kier alpha value is -1.21. The number of nitrogens with zero attached hydrogens (tertiary/aromatic N) is 2. The van der Waals surface area contributed by atoms with Crippen molar-refractivity contribution < 1.29 is 4.39 Å². The minimum atomic E-state index is -1.39. The van der Waals surface area contributed by atoms with E-state index in [9.17, 15) is 4.39 Å². The van der Waals surface area contributed by atoms with Crippen LogP contribution >= 0.6 is 0 Å². The Morgan fingerprint density at radius 1 is 1.23 bits per heavy atom. The molecule has 0 aliphatic rings. The monoisotopic (exact) mass is 194 g/mol. The molecule has 0 saturated carbocycles. The van der Waals surface area contributed by atoms with Gasteiger partial charge in [-0.25, -0.2) is 14.4 Å². The molecule has 0 bridgehead atoms. The van der Waals surface area contributed by atoms with Gasteiger partial charge in [0.1, 0.15) is 8.07 Å². The fraction of sp³-hybridized carbons (Fsp3) is 0.333. The third kappa shape index (κ3) is 3.81. The van der Waals surface area contributed by atoms with Crippen LogP contribution in [0.25, 0.3) is 0 Å². The second-order valence-electron chi connectivity index (χ2n) is 3.72. The summed E-state index contributed by atoms with van der Waals surface area (Å²) < 4.78 is 12.4. The molecule has 1 rings (SSSR count). The normalized spacial score (nSPS) is 10.5. The Kier molecular flexibility index (Phi) is 2.78. The first kappa shape index (κ1) is 9.87. The molecule has 0 radical (unpaired) electrons. The molecule has 0 atom stereocenters. The van der Waals surface area contributed by atoms with Gasteiger partial charge in [-0.05, 0) is 5.92 Å². The van der Waals surface area contributed by atoms with Gasteiger partial charge in [-0.1, -0.05) is 19.6 Å². The maximum Gasteiger partial charge on any atom is 0.204 e. The lowest BCUT2D eigenvalue weighted by atomic mass is 10.5. The Balaban J connectivity index is 2.85. The van der Waals surface area contributed by atoms with Crippen LogP contribution in [0.1, 0.15) is 5.82 Å². The van der Waals surface area contributed by atoms with E-state index in [-0.39, 0.29) is 0 Å². The summed E-state index contributed by atoms with van der Waals surface area (Å²) in [5.74, 6) is 2.80. The van der Waals surface area contributed by atoms with Crippen molar-refractivity contribution in [2.24, 2.45) is 0 Å². The molecule has 0 amide bonds. The Morgan fingerprint density at radius 3 is 2.23 bits per heavy atom. The molecule has 0 aromatic carbocycles. The van der Waals surface area contributed by atoms with Gasteiger partial charge >= 0.3 is 0 Å². The molecule has 2 nitrogen and oxygen atoms in total. The number of aromatic nitrogens is 2. The highest BCUT2D eigenvalue weighted by molar-refractivity contribution is 6.83. The highest BCUT2D eigenvalue weighted by atomic mass is 28.3. The summed E-state index contributed by atoms with van der Waals surface area (Å²) in [6.07, 6.45) is 2.25. The van der Waals surface area contributed by atoms with Crippen molar-refractivity contribution in [2.45, 2.75) is 19.6 Å². The van der Waals surface area contributed by atoms with Crippen molar-refractivity contribution in [2.75, 3.05) is 0 Å². The topological polar surface area (TPSA) is 25.8 Å². The molecule has 4 heteroatoms. The van der Waals surface area contributed by atoms with Gasteiger partial charge in [0.2, 0.25) is 5.82 Å². The summed E-state index contributed by atoms with van der Waals surface area (Å²) in [6, 6.07) is 0. The average Bonchev–Trinajstić information content (AvgIpc) is 2.02. The van der Waals surface area contributed by atoms with Crippen LogP contribution in [0.5, 0.6) is 0 Å². The summed E-state index contributed by atoms with van der Waals surface area (Å²) in [5, 5.41) is 0. The fourth-order valence-corrected chi connectivity index (χ4v) is 1.11. The summed E-state index contributed by atoms with van der Waals surface area (Å²) in [6.45, 7) is 6.39. The number of rotatable bonds is 0. The fourth-order valence-electron chi connectivity index (χ4n) is 0.620. The third-order valence-corrected chi connectivity index (χ3v) is 2.04. The van der Waals surface area contributed by atoms with E-state index < -0.39 is 13.9 Å². The van der Waals surface area contributed by atoms with Crippen LogP contribution in [0.4, 0.5) is 4.39 Å². The second kappa shape index (κ2) is 3.67. The molecule has 0 N–H and O–H groups in total. The lowest BCUT2D eigenvalue weighted by Gasteiger charge is -2.02. The molecule has 0 fully saturated rings. The van der Waals surface area contributed by atoms with Crippen LogP contribution in [0.3, 0.4) is 0 Å². The first-order valence-corrected chi connectivity index (χ1v) is 7.48. The van der Waals surface area contributed by atoms with Crippen LogP contribution in [0.15, 0.2) is 12.4 Å². The first-order chi connectivity index (χ1) is 5.97. The molecule has 1 aromatic rings. The van der Waals surface area contributed by atoms with Crippen molar-refractivity contribution in [3.63, 3.8) is 0 Å². The van der Waals surface area contributed by atoms with Gasteiger partial charge in [0.25, 0.3) is 0 Å². The summed E-state index contributed by atoms with van der Waals surface area (Å²) in [4.78, 5) is 7.49. The van der Waals surface area contributed by atoms with Gasteiger partial charge in [0.05, 0.1) is 12.4 Å². The molecule has 0 spiro atoms. The lowest BCUT2D eigenvalue weighted by molar-refractivity contribution is 0.612. The molecule has 0 unspecified atom stereocenters. The molecule has 1 aromatic heterocycles. The summed E-state index contributed by atoms with van der Waals surface area (Å²) in [7, 11) is -1.39. The van der Waals surface area contributed by atoms with Crippen LogP contribution in [0.2, 0.25) is 19.6 Å². The minimum Gasteiger partial charge on any atom is -0.226 e. The lowest BCUT2D eigenvalue weighted by Crippen LogP contribution is -2.16. The maximum absolute atomic E-state index is 12.4. The number of hydrogen-bond donors (Lipinski definition) is 0. The van der Waals surface area contributed by atoms with Crippen molar-refractivity contribution in [3.05, 3.63) is 24.0 Å². The van der Waals surface area contributed by atoms with Crippen molar-refractivity contribution >= 4 is 8.07 Å². The van der Waals surface area contributed by atoms with Gasteiger partial charge in [-0.3, -0.25) is 0 Å². The highest BCUT2D eigenvalue weighted by Gasteiger charge is 2.07. The smallest absolute Gasteiger partial charge is 0.204 e. The van der Waals surface area contributed by atoms with Crippen LogP contribution < -0.4 is 0 Å². The third-order valence-electron chi connectivity index (χ3n) is 1.17. The molecule has 0 saturated heterocycles. The molecule has 1 heterocycles. The highest BCUT2D eigenvalue weighted by Crippen LogP contribution is 1.97. The molecular weight excluding hydrogens is 183 g/mol. The summed E-state index contributed by atoms with van der Waals surface area (Å²) >= 11 is 0. The van der Waals surface area contributed by atoms with Gasteiger partial charge in [0.15, 0.2) is 5.82 Å². The zero-order chi connectivity index (χ0) is 9.90. The Bertz CT molecular complexity index is 343. The van der Waals surface area contributed by atoms with Gasteiger partial charge in [-0.2, -0.15) is 0 Å². The van der Waals surface area contributed by atoms with E-state index >= 15 is 0 Å². The predicted molar refractivity (Wildman–Crippen MR) is 52.2 cm³/mol. The van der Waals surface area contributed by atoms with Gasteiger partial charge < -0.3 is 0 Å². The second-order valence-corrected chi connectivity index (χ2v) is 8.47. The summed E-state index contributed by atoms with van der Waals surface area (Å²) in [5.41, 5.74) is 3.10. The average molecular weight is 194 g/mol. The molecule has 0 aliphatic carbocycles.